The van der Waals surface area contributed by atoms with Crippen molar-refractivity contribution in [1.82, 2.24) is 19.4 Å². The number of hydrogen-bond donors (Lipinski definition) is 0. The second kappa shape index (κ2) is 7.89. The van der Waals surface area contributed by atoms with Gasteiger partial charge in [-0.15, -0.1) is 0 Å². The van der Waals surface area contributed by atoms with Crippen LogP contribution in [0.5, 0.6) is 5.75 Å². The Kier molecular flexibility index (Phi) is 5.09. The minimum absolute atomic E-state index is 0.0433. The second-order valence-corrected chi connectivity index (χ2v) is 8.56. The predicted octanol–water partition coefficient (Wildman–Crippen LogP) is 4.00. The molecule has 156 valence electrons. The van der Waals surface area contributed by atoms with Gasteiger partial charge in [-0.1, -0.05) is 42.5 Å². The van der Waals surface area contributed by atoms with Gasteiger partial charge in [-0.2, -0.15) is 0 Å². The van der Waals surface area contributed by atoms with Crippen LogP contribution in [0.25, 0.3) is 11.3 Å². The van der Waals surface area contributed by atoms with Crippen molar-refractivity contribution < 1.29 is 4.74 Å². The molecule has 3 heterocycles. The van der Waals surface area contributed by atoms with Crippen LogP contribution in [0.4, 0.5) is 0 Å². The highest BCUT2D eigenvalue weighted by Crippen LogP contribution is 2.41. The number of imidazole rings is 1. The Bertz CT molecular complexity index is 988. The number of benzene rings is 2. The monoisotopic (exact) mass is 402 g/mol. The summed E-state index contributed by atoms with van der Waals surface area (Å²) >= 11 is 0. The molecular formula is C25H30N4O. The normalized spacial score (nSPS) is 19.0. The van der Waals surface area contributed by atoms with E-state index in [1.807, 2.05) is 0 Å². The first-order valence-electron chi connectivity index (χ1n) is 10.9. The number of hydrogen-bond acceptors (Lipinski definition) is 4. The molecule has 0 aliphatic carbocycles. The Morgan fingerprint density at radius 3 is 2.37 bits per heavy atom. The Labute approximate surface area is 178 Å². The van der Waals surface area contributed by atoms with Crippen LogP contribution in [-0.2, 0) is 18.6 Å². The third-order valence-corrected chi connectivity index (χ3v) is 6.98. The van der Waals surface area contributed by atoms with E-state index >= 15 is 0 Å². The second-order valence-electron chi connectivity index (χ2n) is 8.56. The molecule has 5 nitrogen and oxygen atoms in total. The molecule has 5 heteroatoms. The van der Waals surface area contributed by atoms with Crippen molar-refractivity contribution in [2.24, 2.45) is 0 Å². The van der Waals surface area contributed by atoms with Crippen molar-refractivity contribution in [1.29, 1.82) is 0 Å². The summed E-state index contributed by atoms with van der Waals surface area (Å²) in [5, 5.41) is 0. The summed E-state index contributed by atoms with van der Waals surface area (Å²) < 4.78 is 7.75. The molecule has 1 aromatic heterocycles. The SMILES string of the molecule is COc1ccc(CN2CCC3(CC2)c2ncc(-c4ccccc4)n2CCN3C)cc1. The van der Waals surface area contributed by atoms with E-state index in [-0.39, 0.29) is 5.54 Å². The topological polar surface area (TPSA) is 33.5 Å². The number of fused-ring (bicyclic) bond motifs is 2. The quantitative estimate of drug-likeness (QED) is 0.661. The fourth-order valence-corrected chi connectivity index (χ4v) is 5.12. The first-order chi connectivity index (χ1) is 14.7. The molecule has 5 rings (SSSR count). The van der Waals surface area contributed by atoms with Gasteiger partial charge in [-0.25, -0.2) is 4.98 Å². The molecule has 0 amide bonds. The van der Waals surface area contributed by atoms with Gasteiger partial charge in [0.15, 0.2) is 0 Å². The summed E-state index contributed by atoms with van der Waals surface area (Å²) in [6.45, 7) is 5.25. The summed E-state index contributed by atoms with van der Waals surface area (Å²) in [6, 6.07) is 19.1. The lowest BCUT2D eigenvalue weighted by Gasteiger charge is -2.49. The summed E-state index contributed by atoms with van der Waals surface area (Å²) in [6.07, 6.45) is 4.31. The Morgan fingerprint density at radius 1 is 0.933 bits per heavy atom. The van der Waals surface area contributed by atoms with Gasteiger partial charge in [0.05, 0.1) is 24.5 Å². The molecule has 2 aliphatic heterocycles. The van der Waals surface area contributed by atoms with E-state index in [0.29, 0.717) is 0 Å². The van der Waals surface area contributed by atoms with Gasteiger partial charge in [0.1, 0.15) is 11.6 Å². The Balaban J connectivity index is 1.35. The molecule has 0 unspecified atom stereocenters. The number of nitrogens with zero attached hydrogens (tertiary/aromatic N) is 4. The van der Waals surface area contributed by atoms with Gasteiger partial charge in [-0.05, 0) is 43.1 Å². The Morgan fingerprint density at radius 2 is 1.67 bits per heavy atom. The molecule has 30 heavy (non-hydrogen) atoms. The minimum Gasteiger partial charge on any atom is -0.497 e. The molecule has 0 bridgehead atoms. The minimum atomic E-state index is 0.0433. The van der Waals surface area contributed by atoms with E-state index in [2.05, 4.69) is 82.2 Å². The lowest BCUT2D eigenvalue weighted by atomic mass is 9.83. The number of rotatable bonds is 4. The number of piperidine rings is 1. The van der Waals surface area contributed by atoms with Crippen molar-refractivity contribution in [3.05, 3.63) is 72.2 Å². The summed E-state index contributed by atoms with van der Waals surface area (Å²) in [5.41, 5.74) is 3.89. The third-order valence-electron chi connectivity index (χ3n) is 6.98. The maximum Gasteiger partial charge on any atom is 0.129 e. The van der Waals surface area contributed by atoms with Crippen molar-refractivity contribution in [2.75, 3.05) is 33.8 Å². The van der Waals surface area contributed by atoms with Crippen LogP contribution in [0.1, 0.15) is 24.2 Å². The fourth-order valence-electron chi connectivity index (χ4n) is 5.12. The smallest absolute Gasteiger partial charge is 0.129 e. The largest absolute Gasteiger partial charge is 0.497 e. The fraction of sp³-hybridized carbons (Fsp3) is 0.400. The average molecular weight is 403 g/mol. The summed E-state index contributed by atoms with van der Waals surface area (Å²) in [4.78, 5) is 10.1. The van der Waals surface area contributed by atoms with Crippen LogP contribution in [0, 0.1) is 0 Å². The van der Waals surface area contributed by atoms with Crippen molar-refractivity contribution in [3.8, 4) is 17.0 Å². The molecule has 2 aliphatic rings. The first kappa shape index (κ1) is 19.3. The van der Waals surface area contributed by atoms with E-state index in [9.17, 15) is 0 Å². The molecule has 3 aromatic rings. The molecule has 1 spiro atoms. The molecule has 0 radical (unpaired) electrons. The standard InChI is InChI=1S/C25H30N4O/c1-27-16-17-29-23(21-6-4-3-5-7-21)18-26-24(29)25(27)12-14-28(15-13-25)19-20-8-10-22(30-2)11-9-20/h3-11,18H,12-17,19H2,1-2H3. The molecular weight excluding hydrogens is 372 g/mol. The van der Waals surface area contributed by atoms with Gasteiger partial charge in [0, 0.05) is 32.7 Å². The maximum absolute atomic E-state index is 5.28. The zero-order valence-corrected chi connectivity index (χ0v) is 17.9. The molecule has 1 saturated heterocycles. The van der Waals surface area contributed by atoms with E-state index in [1.165, 1.54) is 22.6 Å². The van der Waals surface area contributed by atoms with Crippen LogP contribution in [0.2, 0.25) is 0 Å². The lowest BCUT2D eigenvalue weighted by Crippen LogP contribution is -2.56. The van der Waals surface area contributed by atoms with Crippen LogP contribution in [-0.4, -0.2) is 53.1 Å². The van der Waals surface area contributed by atoms with Gasteiger partial charge in [0.25, 0.3) is 0 Å². The lowest BCUT2D eigenvalue weighted by molar-refractivity contribution is 0.00700. The average Bonchev–Trinajstić information content (AvgIpc) is 3.24. The van der Waals surface area contributed by atoms with E-state index in [4.69, 9.17) is 9.72 Å². The predicted molar refractivity (Wildman–Crippen MR) is 119 cm³/mol. The van der Waals surface area contributed by atoms with Crippen LogP contribution < -0.4 is 4.74 Å². The highest BCUT2D eigenvalue weighted by Gasteiger charge is 2.45. The van der Waals surface area contributed by atoms with Crippen LogP contribution >= 0.6 is 0 Å². The molecule has 2 aromatic carbocycles. The van der Waals surface area contributed by atoms with E-state index < -0.39 is 0 Å². The Hall–Kier alpha value is -2.63. The molecule has 0 N–H and O–H groups in total. The van der Waals surface area contributed by atoms with Gasteiger partial charge in [0.2, 0.25) is 0 Å². The highest BCUT2D eigenvalue weighted by molar-refractivity contribution is 5.59. The van der Waals surface area contributed by atoms with Crippen LogP contribution in [0.15, 0.2) is 60.8 Å². The third kappa shape index (κ3) is 3.32. The number of methoxy groups -OCH3 is 1. The van der Waals surface area contributed by atoms with E-state index in [1.54, 1.807) is 7.11 Å². The number of ether oxygens (including phenoxy) is 1. The van der Waals surface area contributed by atoms with Gasteiger partial charge in [-0.3, -0.25) is 9.80 Å². The first-order valence-corrected chi connectivity index (χ1v) is 10.9. The van der Waals surface area contributed by atoms with E-state index in [0.717, 1.165) is 51.3 Å². The van der Waals surface area contributed by atoms with Crippen molar-refractivity contribution >= 4 is 0 Å². The highest BCUT2D eigenvalue weighted by atomic mass is 16.5. The summed E-state index contributed by atoms with van der Waals surface area (Å²) in [5.74, 6) is 2.17. The van der Waals surface area contributed by atoms with Crippen molar-refractivity contribution in [3.63, 3.8) is 0 Å². The van der Waals surface area contributed by atoms with Crippen molar-refractivity contribution in [2.45, 2.75) is 31.5 Å². The number of likely N-dealkylation sites (N-methyl/N-ethyl adjacent to an activating group) is 1. The molecule has 0 saturated carbocycles. The maximum atomic E-state index is 5.28. The van der Waals surface area contributed by atoms with Gasteiger partial charge < -0.3 is 9.30 Å². The van der Waals surface area contributed by atoms with Gasteiger partial charge >= 0.3 is 0 Å². The zero-order chi connectivity index (χ0) is 20.6. The van der Waals surface area contributed by atoms with Crippen LogP contribution in [0.3, 0.4) is 0 Å². The zero-order valence-electron chi connectivity index (χ0n) is 17.9. The molecule has 0 atom stereocenters. The number of aromatic nitrogens is 2. The number of likely N-dealkylation sites (tertiary alicyclic amines) is 1. The molecule has 1 fully saturated rings. The summed E-state index contributed by atoms with van der Waals surface area (Å²) in [7, 11) is 3.99.